The van der Waals surface area contributed by atoms with Crippen molar-refractivity contribution in [1.82, 2.24) is 4.57 Å². The zero-order valence-corrected chi connectivity index (χ0v) is 19.7. The first-order chi connectivity index (χ1) is 14.7. The van der Waals surface area contributed by atoms with Crippen LogP contribution in [0.25, 0.3) is 10.9 Å². The van der Waals surface area contributed by atoms with E-state index in [1.165, 1.54) is 13.3 Å². The van der Waals surface area contributed by atoms with E-state index in [1.54, 1.807) is 0 Å². The van der Waals surface area contributed by atoms with Crippen molar-refractivity contribution in [1.29, 1.82) is 0 Å². The van der Waals surface area contributed by atoms with Crippen LogP contribution in [0.3, 0.4) is 0 Å². The van der Waals surface area contributed by atoms with E-state index in [2.05, 4.69) is 62.7 Å². The highest BCUT2D eigenvalue weighted by Gasteiger charge is 2.68. The molecule has 31 heavy (non-hydrogen) atoms. The van der Waals surface area contributed by atoms with Crippen LogP contribution in [0.2, 0.25) is 0 Å². The van der Waals surface area contributed by atoms with Gasteiger partial charge in [0, 0.05) is 42.0 Å². The highest BCUT2D eigenvalue weighted by atomic mass is 16.5. The fourth-order valence-electron chi connectivity index (χ4n) is 4.88. The number of aryl methyl sites for hydroxylation is 1. The van der Waals surface area contributed by atoms with Gasteiger partial charge in [-0.3, -0.25) is 9.59 Å². The van der Waals surface area contributed by atoms with E-state index in [9.17, 15) is 9.59 Å². The van der Waals surface area contributed by atoms with Gasteiger partial charge in [-0.15, -0.1) is 0 Å². The fourth-order valence-corrected chi connectivity index (χ4v) is 4.88. The minimum absolute atomic E-state index is 0.0555. The summed E-state index contributed by atoms with van der Waals surface area (Å²) in [5, 5.41) is 1.09. The van der Waals surface area contributed by atoms with Crippen LogP contribution in [0.4, 0.5) is 0 Å². The van der Waals surface area contributed by atoms with E-state index < -0.39 is 0 Å². The Morgan fingerprint density at radius 3 is 2.35 bits per heavy atom. The number of carbonyl (C=O) groups excluding carboxylic acids is 2. The van der Waals surface area contributed by atoms with E-state index >= 15 is 0 Å². The minimum atomic E-state index is -0.239. The van der Waals surface area contributed by atoms with Gasteiger partial charge in [0.05, 0.1) is 0 Å². The molecule has 0 unspecified atom stereocenters. The van der Waals surface area contributed by atoms with Crippen molar-refractivity contribution in [2.24, 2.45) is 16.7 Å². The lowest BCUT2D eigenvalue weighted by molar-refractivity contribution is -0.139. The quantitative estimate of drug-likeness (QED) is 0.178. The molecule has 168 valence electrons. The Labute approximate surface area is 186 Å². The SMILES string of the molecule is CC(=O)OC/C=C/CCCCCCn1cc(C(=O)C2C(C)(C)C2(C)C)c2ccccc21. The number of nitrogens with zero attached hydrogens (tertiary/aromatic N) is 1. The number of ether oxygens (including phenoxy) is 1. The number of rotatable bonds is 11. The molecule has 4 heteroatoms. The maximum absolute atomic E-state index is 13.4. The summed E-state index contributed by atoms with van der Waals surface area (Å²) in [7, 11) is 0. The second-order valence-corrected chi connectivity index (χ2v) is 9.97. The number of fused-ring (bicyclic) bond motifs is 1. The molecule has 1 aliphatic rings. The Balaban J connectivity index is 1.53. The van der Waals surface area contributed by atoms with Crippen molar-refractivity contribution in [3.63, 3.8) is 0 Å². The number of aromatic nitrogens is 1. The van der Waals surface area contributed by atoms with Crippen LogP contribution >= 0.6 is 0 Å². The van der Waals surface area contributed by atoms with Crippen molar-refractivity contribution >= 4 is 22.7 Å². The molecule has 3 rings (SSSR count). The number of Topliss-reactive ketones (excluding diaryl/α,β-unsaturated/α-hetero) is 1. The topological polar surface area (TPSA) is 48.3 Å². The summed E-state index contributed by atoms with van der Waals surface area (Å²) >= 11 is 0. The van der Waals surface area contributed by atoms with Crippen LogP contribution in [0, 0.1) is 16.7 Å². The van der Waals surface area contributed by atoms with E-state index in [0.29, 0.717) is 12.4 Å². The number of unbranched alkanes of at least 4 members (excludes halogenated alkanes) is 4. The van der Waals surface area contributed by atoms with Crippen molar-refractivity contribution in [3.05, 3.63) is 48.2 Å². The maximum Gasteiger partial charge on any atom is 0.302 e. The van der Waals surface area contributed by atoms with E-state index in [0.717, 1.165) is 48.7 Å². The molecule has 4 nitrogen and oxygen atoms in total. The predicted molar refractivity (Wildman–Crippen MR) is 126 cm³/mol. The monoisotopic (exact) mass is 423 g/mol. The summed E-state index contributed by atoms with van der Waals surface area (Å²) in [4.78, 5) is 24.1. The number of esters is 1. The summed E-state index contributed by atoms with van der Waals surface area (Å²) in [5.74, 6) is 0.148. The molecule has 1 aromatic heterocycles. The molecular weight excluding hydrogens is 386 g/mol. The number of hydrogen-bond acceptors (Lipinski definition) is 3. The third kappa shape index (κ3) is 4.94. The zero-order valence-electron chi connectivity index (χ0n) is 19.7. The van der Waals surface area contributed by atoms with Crippen molar-refractivity contribution in [3.8, 4) is 0 Å². The van der Waals surface area contributed by atoms with Gasteiger partial charge < -0.3 is 9.30 Å². The smallest absolute Gasteiger partial charge is 0.302 e. The molecule has 2 aromatic rings. The van der Waals surface area contributed by atoms with Gasteiger partial charge in [0.25, 0.3) is 0 Å². The fraction of sp³-hybridized carbons (Fsp3) is 0.556. The Kier molecular flexibility index (Phi) is 7.08. The number of carbonyl (C=O) groups is 2. The summed E-state index contributed by atoms with van der Waals surface area (Å²) in [6.45, 7) is 11.6. The highest BCUT2D eigenvalue weighted by molar-refractivity contribution is 6.11. The van der Waals surface area contributed by atoms with Gasteiger partial charge in [0.2, 0.25) is 0 Å². The lowest BCUT2D eigenvalue weighted by Crippen LogP contribution is -2.07. The Morgan fingerprint density at radius 2 is 1.68 bits per heavy atom. The Morgan fingerprint density at radius 1 is 1.00 bits per heavy atom. The van der Waals surface area contributed by atoms with Crippen molar-refractivity contribution in [2.75, 3.05) is 6.61 Å². The summed E-state index contributed by atoms with van der Waals surface area (Å²) in [5.41, 5.74) is 2.16. The molecule has 0 bridgehead atoms. The molecule has 0 radical (unpaired) electrons. The summed E-state index contributed by atoms with van der Waals surface area (Å²) in [6, 6.07) is 8.30. The van der Waals surface area contributed by atoms with Crippen LogP contribution in [-0.2, 0) is 16.1 Å². The second kappa shape index (κ2) is 9.42. The first kappa shape index (κ1) is 23.3. The van der Waals surface area contributed by atoms with Crippen LogP contribution in [0.1, 0.15) is 77.1 Å². The lowest BCUT2D eigenvalue weighted by atomic mass is 10.0. The third-order valence-electron chi connectivity index (χ3n) is 7.41. The molecule has 0 N–H and O–H groups in total. The molecular formula is C27H37NO3. The molecule has 1 saturated carbocycles. The molecule has 1 aromatic carbocycles. The van der Waals surface area contributed by atoms with Gasteiger partial charge in [0.15, 0.2) is 5.78 Å². The number of para-hydroxylation sites is 1. The number of hydrogen-bond donors (Lipinski definition) is 0. The molecule has 0 aliphatic heterocycles. The third-order valence-corrected chi connectivity index (χ3v) is 7.41. The minimum Gasteiger partial charge on any atom is -0.462 e. The normalized spacial score (nSPS) is 17.3. The summed E-state index contributed by atoms with van der Waals surface area (Å²) in [6.07, 6.45) is 11.7. The molecule has 1 fully saturated rings. The van der Waals surface area contributed by atoms with Gasteiger partial charge in [-0.25, -0.2) is 0 Å². The largest absolute Gasteiger partial charge is 0.462 e. The van der Waals surface area contributed by atoms with Gasteiger partial charge in [-0.2, -0.15) is 0 Å². The molecule has 0 atom stereocenters. The molecule has 0 saturated heterocycles. The average Bonchev–Trinajstić information content (AvgIpc) is 2.98. The number of ketones is 1. The summed E-state index contributed by atoms with van der Waals surface area (Å²) < 4.78 is 7.15. The van der Waals surface area contributed by atoms with E-state index in [-0.39, 0.29) is 22.7 Å². The van der Waals surface area contributed by atoms with Crippen molar-refractivity contribution in [2.45, 2.75) is 73.3 Å². The maximum atomic E-state index is 13.4. The van der Waals surface area contributed by atoms with E-state index in [1.807, 2.05) is 12.1 Å². The van der Waals surface area contributed by atoms with Crippen LogP contribution in [-0.4, -0.2) is 22.9 Å². The predicted octanol–water partition coefficient (Wildman–Crippen LogP) is 6.58. The molecule has 1 aliphatic carbocycles. The van der Waals surface area contributed by atoms with Crippen LogP contribution in [0.5, 0.6) is 0 Å². The first-order valence-corrected chi connectivity index (χ1v) is 11.6. The highest BCUT2D eigenvalue weighted by Crippen LogP contribution is 2.69. The van der Waals surface area contributed by atoms with Gasteiger partial charge in [0.1, 0.15) is 6.61 Å². The molecule has 0 spiro atoms. The van der Waals surface area contributed by atoms with Gasteiger partial charge >= 0.3 is 5.97 Å². The van der Waals surface area contributed by atoms with Gasteiger partial charge in [-0.1, -0.05) is 70.9 Å². The first-order valence-electron chi connectivity index (χ1n) is 11.6. The second-order valence-electron chi connectivity index (χ2n) is 9.97. The van der Waals surface area contributed by atoms with Crippen LogP contribution in [0.15, 0.2) is 42.6 Å². The van der Waals surface area contributed by atoms with Gasteiger partial charge in [-0.05, 0) is 36.2 Å². The standard InChI is InChI=1S/C27H37NO3/c1-20(29)31-18-14-10-8-6-7-9-13-17-28-19-22(21-15-11-12-16-23(21)28)24(30)25-26(2,3)27(25,4)5/h10-12,14-16,19,25H,6-9,13,17-18H2,1-5H3/b14-10+. The molecule has 0 amide bonds. The lowest BCUT2D eigenvalue weighted by Gasteiger charge is -2.05. The van der Waals surface area contributed by atoms with Crippen molar-refractivity contribution < 1.29 is 14.3 Å². The number of allylic oxidation sites excluding steroid dienone is 1. The van der Waals surface area contributed by atoms with E-state index in [4.69, 9.17) is 4.74 Å². The van der Waals surface area contributed by atoms with Crippen LogP contribution < -0.4 is 0 Å². The Hall–Kier alpha value is -2.36. The average molecular weight is 424 g/mol. The molecule has 1 heterocycles. The number of benzene rings is 1. The Bertz CT molecular complexity index is 950. The zero-order chi connectivity index (χ0) is 22.6.